The number of rotatable bonds is 3. The van der Waals surface area contributed by atoms with E-state index in [1.165, 1.54) is 0 Å². The van der Waals surface area contributed by atoms with E-state index in [2.05, 4.69) is 6.58 Å². The molecule has 0 aromatic heterocycles. The number of benzene rings is 1. The molecular weight excluding hydrogens is 148 g/mol. The maximum atomic E-state index is 5.76. The zero-order chi connectivity index (χ0) is 8.97. The van der Waals surface area contributed by atoms with Crippen LogP contribution in [0.2, 0.25) is 0 Å². The zero-order valence-corrected chi connectivity index (χ0v) is 7.03. The Morgan fingerprint density at radius 1 is 1.50 bits per heavy atom. The van der Waals surface area contributed by atoms with Crippen LogP contribution in [0.5, 0.6) is 0 Å². The third kappa shape index (κ3) is 1.94. The Bertz CT molecular complexity index is 268. The van der Waals surface area contributed by atoms with Crippen molar-refractivity contribution < 1.29 is 0 Å². The number of nitrogens with two attached hydrogens (primary N) is 2. The third-order valence-electron chi connectivity index (χ3n) is 1.83. The van der Waals surface area contributed by atoms with E-state index in [1.807, 2.05) is 24.3 Å². The molecule has 0 heterocycles. The van der Waals surface area contributed by atoms with Gasteiger partial charge in [0.25, 0.3) is 0 Å². The molecule has 0 amide bonds. The average Bonchev–Trinajstić information content (AvgIpc) is 2.17. The lowest BCUT2D eigenvalue weighted by atomic mass is 10.0. The molecular formula is C10H14N2. The Hall–Kier alpha value is -1.12. The van der Waals surface area contributed by atoms with Crippen LogP contribution in [0.3, 0.4) is 0 Å². The molecule has 12 heavy (non-hydrogen) atoms. The van der Waals surface area contributed by atoms with Gasteiger partial charge in [-0.15, -0.1) is 0 Å². The first-order valence-electron chi connectivity index (χ1n) is 3.96. The molecule has 2 nitrogen and oxygen atoms in total. The first-order chi connectivity index (χ1) is 5.77. The van der Waals surface area contributed by atoms with Crippen molar-refractivity contribution in [3.05, 3.63) is 42.0 Å². The smallest absolute Gasteiger partial charge is 0.0419 e. The van der Waals surface area contributed by atoms with Crippen molar-refractivity contribution in [3.63, 3.8) is 0 Å². The fourth-order valence-corrected chi connectivity index (χ4v) is 1.05. The Morgan fingerprint density at radius 3 is 2.83 bits per heavy atom. The predicted octanol–water partition coefficient (Wildman–Crippen LogP) is 1.29. The molecule has 1 atom stereocenters. The van der Waals surface area contributed by atoms with E-state index in [9.17, 15) is 0 Å². The van der Waals surface area contributed by atoms with Crippen molar-refractivity contribution in [3.8, 4) is 0 Å². The molecule has 0 aliphatic carbocycles. The highest BCUT2D eigenvalue weighted by Crippen LogP contribution is 2.11. The Kier molecular flexibility index (Phi) is 3.02. The fraction of sp³-hybridized carbons (Fsp3) is 0.200. The average molecular weight is 162 g/mol. The SMILES string of the molecule is C=Cc1cccc([C@H](N)CN)c1. The van der Waals surface area contributed by atoms with Crippen LogP contribution in [0.4, 0.5) is 0 Å². The summed E-state index contributed by atoms with van der Waals surface area (Å²) in [6.45, 7) is 4.16. The van der Waals surface area contributed by atoms with Crippen LogP contribution in [-0.4, -0.2) is 6.54 Å². The molecule has 0 saturated carbocycles. The van der Waals surface area contributed by atoms with E-state index >= 15 is 0 Å². The summed E-state index contributed by atoms with van der Waals surface area (Å²) in [6, 6.07) is 7.86. The summed E-state index contributed by atoms with van der Waals surface area (Å²) in [5, 5.41) is 0. The van der Waals surface area contributed by atoms with Gasteiger partial charge >= 0.3 is 0 Å². The molecule has 4 N–H and O–H groups in total. The summed E-state index contributed by atoms with van der Waals surface area (Å²) in [6.07, 6.45) is 1.80. The molecule has 0 radical (unpaired) electrons. The van der Waals surface area contributed by atoms with Gasteiger partial charge in [0.2, 0.25) is 0 Å². The van der Waals surface area contributed by atoms with E-state index in [0.29, 0.717) is 6.54 Å². The van der Waals surface area contributed by atoms with Crippen molar-refractivity contribution in [2.45, 2.75) is 6.04 Å². The summed E-state index contributed by atoms with van der Waals surface area (Å²) in [4.78, 5) is 0. The van der Waals surface area contributed by atoms with Crippen LogP contribution < -0.4 is 11.5 Å². The lowest BCUT2D eigenvalue weighted by Crippen LogP contribution is -2.20. The minimum Gasteiger partial charge on any atom is -0.329 e. The van der Waals surface area contributed by atoms with Crippen LogP contribution in [0.25, 0.3) is 6.08 Å². The summed E-state index contributed by atoms with van der Waals surface area (Å²) < 4.78 is 0. The van der Waals surface area contributed by atoms with Crippen LogP contribution in [-0.2, 0) is 0 Å². The molecule has 64 valence electrons. The second kappa shape index (κ2) is 4.04. The van der Waals surface area contributed by atoms with E-state index < -0.39 is 0 Å². The molecule has 1 aromatic rings. The number of hydrogen-bond donors (Lipinski definition) is 2. The largest absolute Gasteiger partial charge is 0.329 e. The molecule has 0 aliphatic rings. The first kappa shape index (κ1) is 8.97. The second-order valence-electron chi connectivity index (χ2n) is 2.72. The standard InChI is InChI=1S/C10H14N2/c1-2-8-4-3-5-9(6-8)10(12)7-11/h2-6,10H,1,7,11-12H2/t10-/m1/s1. The summed E-state index contributed by atoms with van der Waals surface area (Å²) in [5.41, 5.74) is 13.3. The Labute approximate surface area is 72.9 Å². The summed E-state index contributed by atoms with van der Waals surface area (Å²) in [7, 11) is 0. The quantitative estimate of drug-likeness (QED) is 0.703. The van der Waals surface area contributed by atoms with Gasteiger partial charge in [0, 0.05) is 12.6 Å². The molecule has 1 rings (SSSR count). The summed E-state index contributed by atoms with van der Waals surface area (Å²) in [5.74, 6) is 0. The van der Waals surface area contributed by atoms with Crippen LogP contribution in [0, 0.1) is 0 Å². The van der Waals surface area contributed by atoms with Crippen molar-refractivity contribution in [2.75, 3.05) is 6.54 Å². The van der Waals surface area contributed by atoms with E-state index in [4.69, 9.17) is 11.5 Å². The van der Waals surface area contributed by atoms with Gasteiger partial charge in [-0.2, -0.15) is 0 Å². The highest BCUT2D eigenvalue weighted by molar-refractivity contribution is 5.48. The van der Waals surface area contributed by atoms with Crippen LogP contribution in [0.1, 0.15) is 17.2 Å². The summed E-state index contributed by atoms with van der Waals surface area (Å²) >= 11 is 0. The van der Waals surface area contributed by atoms with Crippen molar-refractivity contribution in [1.29, 1.82) is 0 Å². The second-order valence-corrected chi connectivity index (χ2v) is 2.72. The molecule has 0 fully saturated rings. The maximum Gasteiger partial charge on any atom is 0.0419 e. The number of hydrogen-bond acceptors (Lipinski definition) is 2. The van der Waals surface area contributed by atoms with Crippen molar-refractivity contribution in [2.24, 2.45) is 11.5 Å². The van der Waals surface area contributed by atoms with Crippen LogP contribution >= 0.6 is 0 Å². The van der Waals surface area contributed by atoms with Gasteiger partial charge < -0.3 is 11.5 Å². The molecule has 0 spiro atoms. The molecule has 0 aliphatic heterocycles. The third-order valence-corrected chi connectivity index (χ3v) is 1.83. The van der Waals surface area contributed by atoms with Gasteiger partial charge in [0.05, 0.1) is 0 Å². The highest BCUT2D eigenvalue weighted by atomic mass is 14.7. The normalized spacial score (nSPS) is 12.5. The van der Waals surface area contributed by atoms with Crippen molar-refractivity contribution in [1.82, 2.24) is 0 Å². The lowest BCUT2D eigenvalue weighted by Gasteiger charge is -2.08. The van der Waals surface area contributed by atoms with Crippen molar-refractivity contribution >= 4 is 6.08 Å². The van der Waals surface area contributed by atoms with E-state index in [-0.39, 0.29) is 6.04 Å². The van der Waals surface area contributed by atoms with Gasteiger partial charge in [-0.25, -0.2) is 0 Å². The molecule has 0 bridgehead atoms. The zero-order valence-electron chi connectivity index (χ0n) is 7.03. The molecule has 0 saturated heterocycles. The van der Waals surface area contributed by atoms with E-state index in [0.717, 1.165) is 11.1 Å². The maximum absolute atomic E-state index is 5.76. The van der Waals surface area contributed by atoms with Gasteiger partial charge in [0.15, 0.2) is 0 Å². The minimum atomic E-state index is -0.0649. The highest BCUT2D eigenvalue weighted by Gasteiger charge is 2.01. The topological polar surface area (TPSA) is 52.0 Å². The molecule has 2 heteroatoms. The Morgan fingerprint density at radius 2 is 2.25 bits per heavy atom. The first-order valence-corrected chi connectivity index (χ1v) is 3.96. The predicted molar refractivity (Wildman–Crippen MR) is 52.5 cm³/mol. The van der Waals surface area contributed by atoms with Gasteiger partial charge in [-0.3, -0.25) is 0 Å². The van der Waals surface area contributed by atoms with E-state index in [1.54, 1.807) is 6.08 Å². The van der Waals surface area contributed by atoms with Gasteiger partial charge in [-0.1, -0.05) is 36.9 Å². The minimum absolute atomic E-state index is 0.0649. The fourth-order valence-electron chi connectivity index (χ4n) is 1.05. The van der Waals surface area contributed by atoms with Crippen LogP contribution in [0.15, 0.2) is 30.8 Å². The van der Waals surface area contributed by atoms with Gasteiger partial charge in [0.1, 0.15) is 0 Å². The lowest BCUT2D eigenvalue weighted by molar-refractivity contribution is 0.737. The Balaban J connectivity index is 2.93. The van der Waals surface area contributed by atoms with Gasteiger partial charge in [-0.05, 0) is 11.1 Å². The monoisotopic (exact) mass is 162 g/mol. The molecule has 1 aromatic carbocycles. The molecule has 0 unspecified atom stereocenters.